The fraction of sp³-hybridized carbons (Fsp3) is 0.0714. The summed E-state index contributed by atoms with van der Waals surface area (Å²) in [5.41, 5.74) is 5.81. The van der Waals surface area contributed by atoms with Gasteiger partial charge in [-0.25, -0.2) is 19.2 Å². The molecule has 0 spiro atoms. The lowest BCUT2D eigenvalue weighted by atomic mass is 10.1. The van der Waals surface area contributed by atoms with E-state index in [-0.39, 0.29) is 34.2 Å². The van der Waals surface area contributed by atoms with Gasteiger partial charge in [-0.3, -0.25) is 0 Å². The van der Waals surface area contributed by atoms with Crippen LogP contribution in [0.5, 0.6) is 5.75 Å². The standard InChI is InChI=1S/C14H11ClFN3O3/c1-2-8-11(14(20)21)18-13(19-12(8)17)9-4-3-7(15)5-10(9)22-6-16/h2-5H,1,6H2,(H,20,21)(H2,17,18,19). The molecular formula is C14H11ClFN3O3. The summed E-state index contributed by atoms with van der Waals surface area (Å²) in [6.07, 6.45) is 1.25. The molecule has 1 aromatic heterocycles. The smallest absolute Gasteiger partial charge is 0.355 e. The largest absolute Gasteiger partial charge is 0.476 e. The van der Waals surface area contributed by atoms with Crippen LogP contribution in [0.25, 0.3) is 17.5 Å². The highest BCUT2D eigenvalue weighted by Gasteiger charge is 2.19. The number of aromatic carboxylic acids is 1. The minimum absolute atomic E-state index is 0.0133. The number of rotatable bonds is 5. The molecule has 0 atom stereocenters. The molecule has 0 aliphatic heterocycles. The second-order valence-corrected chi connectivity index (χ2v) is 4.53. The molecule has 6 nitrogen and oxygen atoms in total. The first-order valence-electron chi connectivity index (χ1n) is 5.99. The summed E-state index contributed by atoms with van der Waals surface area (Å²) in [4.78, 5) is 19.2. The normalized spacial score (nSPS) is 10.3. The van der Waals surface area contributed by atoms with Crippen molar-refractivity contribution in [3.63, 3.8) is 0 Å². The molecule has 114 valence electrons. The Bertz CT molecular complexity index is 752. The van der Waals surface area contributed by atoms with E-state index < -0.39 is 12.8 Å². The van der Waals surface area contributed by atoms with Crippen molar-refractivity contribution in [1.29, 1.82) is 0 Å². The lowest BCUT2D eigenvalue weighted by Crippen LogP contribution is -2.10. The predicted octanol–water partition coefficient (Wildman–Crippen LogP) is 3.03. The van der Waals surface area contributed by atoms with Crippen LogP contribution in [0.15, 0.2) is 24.8 Å². The number of aromatic nitrogens is 2. The Morgan fingerprint density at radius 1 is 1.50 bits per heavy atom. The van der Waals surface area contributed by atoms with Gasteiger partial charge in [0.15, 0.2) is 11.5 Å². The molecule has 0 unspecified atom stereocenters. The van der Waals surface area contributed by atoms with Gasteiger partial charge in [0.2, 0.25) is 6.86 Å². The third kappa shape index (κ3) is 2.99. The van der Waals surface area contributed by atoms with Crippen molar-refractivity contribution in [1.82, 2.24) is 9.97 Å². The van der Waals surface area contributed by atoms with Gasteiger partial charge in [-0.1, -0.05) is 24.3 Å². The highest BCUT2D eigenvalue weighted by atomic mass is 35.5. The van der Waals surface area contributed by atoms with Crippen LogP contribution < -0.4 is 10.5 Å². The van der Waals surface area contributed by atoms with Gasteiger partial charge in [0.25, 0.3) is 0 Å². The van der Waals surface area contributed by atoms with Crippen LogP contribution >= 0.6 is 11.6 Å². The Morgan fingerprint density at radius 3 is 2.82 bits per heavy atom. The number of nitrogen functional groups attached to an aromatic ring is 1. The van der Waals surface area contributed by atoms with Crippen molar-refractivity contribution in [2.75, 3.05) is 12.6 Å². The van der Waals surface area contributed by atoms with Crippen molar-refractivity contribution in [3.05, 3.63) is 41.1 Å². The third-order valence-electron chi connectivity index (χ3n) is 2.78. The van der Waals surface area contributed by atoms with Crippen LogP contribution in [-0.2, 0) is 0 Å². The minimum atomic E-state index is -1.29. The van der Waals surface area contributed by atoms with Crippen LogP contribution in [0.2, 0.25) is 5.02 Å². The summed E-state index contributed by atoms with van der Waals surface area (Å²) in [6.45, 7) is 2.40. The van der Waals surface area contributed by atoms with Crippen molar-refractivity contribution in [2.45, 2.75) is 0 Å². The number of halogens is 2. The zero-order valence-corrected chi connectivity index (χ0v) is 12.0. The number of alkyl halides is 1. The number of nitrogens with zero attached hydrogens (tertiary/aromatic N) is 2. The van der Waals surface area contributed by atoms with E-state index in [1.165, 1.54) is 24.3 Å². The summed E-state index contributed by atoms with van der Waals surface area (Å²) >= 11 is 5.83. The maximum atomic E-state index is 12.5. The molecule has 0 fully saturated rings. The van der Waals surface area contributed by atoms with Gasteiger partial charge in [0, 0.05) is 10.6 Å². The minimum Gasteiger partial charge on any atom is -0.476 e. The molecule has 0 saturated carbocycles. The van der Waals surface area contributed by atoms with E-state index in [0.717, 1.165) is 0 Å². The molecule has 0 amide bonds. The molecule has 2 rings (SSSR count). The highest BCUT2D eigenvalue weighted by Crippen LogP contribution is 2.32. The van der Waals surface area contributed by atoms with Gasteiger partial charge in [0.1, 0.15) is 11.6 Å². The van der Waals surface area contributed by atoms with Gasteiger partial charge in [0.05, 0.1) is 5.56 Å². The molecule has 0 aliphatic rings. The van der Waals surface area contributed by atoms with E-state index in [2.05, 4.69) is 16.5 Å². The van der Waals surface area contributed by atoms with Gasteiger partial charge in [-0.2, -0.15) is 0 Å². The quantitative estimate of drug-likeness (QED) is 0.877. The maximum absolute atomic E-state index is 12.5. The van der Waals surface area contributed by atoms with Crippen LogP contribution in [0, 0.1) is 0 Å². The van der Waals surface area contributed by atoms with Crippen LogP contribution in [0.4, 0.5) is 10.2 Å². The van der Waals surface area contributed by atoms with Crippen LogP contribution in [0.1, 0.15) is 16.1 Å². The first-order chi connectivity index (χ1) is 10.5. The second kappa shape index (κ2) is 6.40. The Balaban J connectivity index is 2.68. The average Bonchev–Trinajstić information content (AvgIpc) is 2.46. The lowest BCUT2D eigenvalue weighted by molar-refractivity contribution is 0.0690. The van der Waals surface area contributed by atoms with Crippen molar-refractivity contribution in [3.8, 4) is 17.1 Å². The molecular weight excluding hydrogens is 313 g/mol. The molecule has 0 aliphatic carbocycles. The zero-order valence-electron chi connectivity index (χ0n) is 11.2. The Hall–Kier alpha value is -2.67. The molecule has 1 aromatic carbocycles. The van der Waals surface area contributed by atoms with Gasteiger partial charge in [-0.05, 0) is 18.2 Å². The predicted molar refractivity (Wildman–Crippen MR) is 80.5 cm³/mol. The number of hydrogen-bond donors (Lipinski definition) is 2. The van der Waals surface area contributed by atoms with Crippen LogP contribution in [0.3, 0.4) is 0 Å². The third-order valence-corrected chi connectivity index (χ3v) is 3.01. The van der Waals surface area contributed by atoms with Crippen molar-refractivity contribution in [2.24, 2.45) is 0 Å². The second-order valence-electron chi connectivity index (χ2n) is 4.10. The van der Waals surface area contributed by atoms with E-state index in [1.54, 1.807) is 0 Å². The number of carboxylic acids is 1. The number of anilines is 1. The number of ether oxygens (including phenoxy) is 1. The Morgan fingerprint density at radius 2 is 2.23 bits per heavy atom. The van der Waals surface area contributed by atoms with Crippen molar-refractivity contribution < 1.29 is 19.0 Å². The highest BCUT2D eigenvalue weighted by molar-refractivity contribution is 6.30. The van der Waals surface area contributed by atoms with E-state index in [0.29, 0.717) is 5.02 Å². The number of hydrogen-bond acceptors (Lipinski definition) is 5. The van der Waals surface area contributed by atoms with Gasteiger partial charge >= 0.3 is 5.97 Å². The molecule has 1 heterocycles. The number of carbonyl (C=O) groups is 1. The molecule has 0 bridgehead atoms. The summed E-state index contributed by atoms with van der Waals surface area (Å²) in [5.74, 6) is -1.27. The summed E-state index contributed by atoms with van der Waals surface area (Å²) in [6, 6.07) is 4.38. The lowest BCUT2D eigenvalue weighted by Gasteiger charge is -2.11. The topological polar surface area (TPSA) is 98.3 Å². The summed E-state index contributed by atoms with van der Waals surface area (Å²) in [5, 5.41) is 9.52. The molecule has 0 saturated heterocycles. The van der Waals surface area contributed by atoms with Crippen molar-refractivity contribution >= 4 is 29.5 Å². The Labute approximate surface area is 130 Å². The van der Waals surface area contributed by atoms with Crippen LogP contribution in [-0.4, -0.2) is 27.9 Å². The van der Waals surface area contributed by atoms with E-state index in [4.69, 9.17) is 22.1 Å². The number of benzene rings is 1. The molecule has 3 N–H and O–H groups in total. The SMILES string of the molecule is C=Cc1c(N)nc(-c2ccc(Cl)cc2OCF)nc1C(=O)O. The maximum Gasteiger partial charge on any atom is 0.355 e. The van der Waals surface area contributed by atoms with E-state index >= 15 is 0 Å². The number of nitrogens with two attached hydrogens (primary N) is 1. The average molecular weight is 324 g/mol. The van der Waals surface area contributed by atoms with E-state index in [1.807, 2.05) is 0 Å². The fourth-order valence-corrected chi connectivity index (χ4v) is 1.99. The first kappa shape index (κ1) is 15.7. The molecule has 22 heavy (non-hydrogen) atoms. The van der Waals surface area contributed by atoms with Gasteiger partial charge < -0.3 is 15.6 Å². The monoisotopic (exact) mass is 323 g/mol. The van der Waals surface area contributed by atoms with E-state index in [9.17, 15) is 14.3 Å². The Kier molecular flexibility index (Phi) is 4.57. The molecule has 8 heteroatoms. The van der Waals surface area contributed by atoms with Gasteiger partial charge in [-0.15, -0.1) is 0 Å². The fourth-order valence-electron chi connectivity index (χ4n) is 1.83. The summed E-state index contributed by atoms with van der Waals surface area (Å²) < 4.78 is 17.3. The zero-order chi connectivity index (χ0) is 16.3. The molecule has 0 radical (unpaired) electrons. The molecule has 2 aromatic rings. The number of carboxylic acid groups (broad SMARTS) is 1. The first-order valence-corrected chi connectivity index (χ1v) is 6.37. The summed E-state index contributed by atoms with van der Waals surface area (Å²) in [7, 11) is 0.